The van der Waals surface area contributed by atoms with Crippen LogP contribution in [0.4, 0.5) is 0 Å². The van der Waals surface area contributed by atoms with E-state index in [2.05, 4.69) is 10.3 Å². The van der Waals surface area contributed by atoms with E-state index in [1.807, 2.05) is 19.1 Å². The van der Waals surface area contributed by atoms with Crippen LogP contribution in [0.15, 0.2) is 23.0 Å². The zero-order valence-corrected chi connectivity index (χ0v) is 19.8. The van der Waals surface area contributed by atoms with Gasteiger partial charge in [-0.25, -0.2) is 9.78 Å². The first-order chi connectivity index (χ1) is 16.4. The van der Waals surface area contributed by atoms with Crippen LogP contribution in [0.2, 0.25) is 0 Å². The second-order valence-electron chi connectivity index (χ2n) is 8.51. The summed E-state index contributed by atoms with van der Waals surface area (Å²) in [6, 6.07) is 5.14. The van der Waals surface area contributed by atoms with Crippen LogP contribution in [0.1, 0.15) is 58.9 Å². The molecule has 1 amide bonds. The van der Waals surface area contributed by atoms with Gasteiger partial charge in [0.05, 0.1) is 11.4 Å². The zero-order valence-electron chi connectivity index (χ0n) is 19.0. The molecule has 0 fully saturated rings. The third-order valence-electron chi connectivity index (χ3n) is 6.21. The second-order valence-corrected chi connectivity index (χ2v) is 9.51. The van der Waals surface area contributed by atoms with Gasteiger partial charge in [0.2, 0.25) is 6.79 Å². The van der Waals surface area contributed by atoms with Crippen LogP contribution in [0, 0.1) is 6.92 Å². The molecule has 1 atom stereocenters. The monoisotopic (exact) mass is 483 g/mol. The van der Waals surface area contributed by atoms with Gasteiger partial charge in [-0.2, -0.15) is 0 Å². The lowest BCUT2D eigenvalue weighted by molar-refractivity contribution is -0.124. The molecule has 178 valence electrons. The average molecular weight is 484 g/mol. The summed E-state index contributed by atoms with van der Waals surface area (Å²) in [5, 5.41) is 3.27. The first kappa shape index (κ1) is 22.4. The Bertz CT molecular complexity index is 1340. The molecule has 1 aromatic carbocycles. The Kier molecular flexibility index (Phi) is 5.99. The van der Waals surface area contributed by atoms with Gasteiger partial charge in [0, 0.05) is 13.0 Å². The lowest BCUT2D eigenvalue weighted by Crippen LogP contribution is -2.31. The highest BCUT2D eigenvalue weighted by molar-refractivity contribution is 7.20. The number of fused-ring (bicyclic) bond motifs is 3. The number of ether oxygens (including phenoxy) is 3. The number of nitrogens with zero attached hydrogens (tertiary/aromatic N) is 2. The molecule has 0 spiro atoms. The maximum atomic E-state index is 13.1. The molecule has 0 aliphatic carbocycles. The third-order valence-corrected chi connectivity index (χ3v) is 7.37. The molecule has 10 heteroatoms. The Morgan fingerprint density at radius 1 is 1.24 bits per heavy atom. The number of thiophene rings is 1. The Hall–Kier alpha value is -3.40. The predicted octanol–water partition coefficient (Wildman–Crippen LogP) is 3.26. The van der Waals surface area contributed by atoms with Gasteiger partial charge < -0.3 is 19.5 Å². The van der Waals surface area contributed by atoms with E-state index < -0.39 is 18.5 Å². The zero-order chi connectivity index (χ0) is 23.8. The molecule has 2 aromatic heterocycles. The number of aryl methyl sites for hydroxylation is 2. The normalized spacial score (nSPS) is 15.5. The average Bonchev–Trinajstić information content (AvgIpc) is 3.34. The standard InChI is InChI=1S/C24H25N3O6S/c1-13-20-22(26-18-6-4-3-5-9-27(18)23(20)29)34-21(13)24(30)31-11-19(28)25-14(2)15-7-8-16-17(10-15)33-12-32-16/h7-8,10,14H,3-6,9,11-12H2,1-2H3,(H,25,28). The molecule has 2 aliphatic heterocycles. The lowest BCUT2D eigenvalue weighted by atomic mass is 10.1. The summed E-state index contributed by atoms with van der Waals surface area (Å²) in [5.74, 6) is 1.01. The van der Waals surface area contributed by atoms with Gasteiger partial charge in [-0.1, -0.05) is 12.5 Å². The molecule has 34 heavy (non-hydrogen) atoms. The largest absolute Gasteiger partial charge is 0.454 e. The van der Waals surface area contributed by atoms with Crippen molar-refractivity contribution in [3.05, 3.63) is 50.4 Å². The number of amides is 1. The number of carbonyl (C=O) groups excluding carboxylic acids is 2. The molecule has 1 unspecified atom stereocenters. The number of benzene rings is 1. The van der Waals surface area contributed by atoms with Crippen molar-refractivity contribution < 1.29 is 23.8 Å². The fourth-order valence-electron chi connectivity index (χ4n) is 4.35. The fourth-order valence-corrected chi connectivity index (χ4v) is 5.43. The molecule has 0 radical (unpaired) electrons. The van der Waals surface area contributed by atoms with E-state index in [1.54, 1.807) is 17.6 Å². The summed E-state index contributed by atoms with van der Waals surface area (Å²) < 4.78 is 17.7. The van der Waals surface area contributed by atoms with Crippen molar-refractivity contribution >= 4 is 33.4 Å². The summed E-state index contributed by atoms with van der Waals surface area (Å²) in [4.78, 5) is 43.7. The molecule has 0 saturated heterocycles. The first-order valence-corrected chi connectivity index (χ1v) is 12.1. The van der Waals surface area contributed by atoms with Crippen LogP contribution in [0.25, 0.3) is 10.2 Å². The van der Waals surface area contributed by atoms with Crippen LogP contribution < -0.4 is 20.3 Å². The molecular formula is C24H25N3O6S. The highest BCUT2D eigenvalue weighted by Gasteiger charge is 2.24. The van der Waals surface area contributed by atoms with Crippen molar-refractivity contribution in [2.45, 2.75) is 52.1 Å². The highest BCUT2D eigenvalue weighted by Crippen LogP contribution is 2.34. The van der Waals surface area contributed by atoms with Gasteiger partial charge in [0.15, 0.2) is 18.1 Å². The van der Waals surface area contributed by atoms with Crippen molar-refractivity contribution in [1.82, 2.24) is 14.9 Å². The van der Waals surface area contributed by atoms with E-state index in [1.165, 1.54) is 0 Å². The minimum absolute atomic E-state index is 0.106. The highest BCUT2D eigenvalue weighted by atomic mass is 32.1. The van der Waals surface area contributed by atoms with Crippen molar-refractivity contribution in [3.63, 3.8) is 0 Å². The fraction of sp³-hybridized carbons (Fsp3) is 0.417. The Morgan fingerprint density at radius 3 is 2.91 bits per heavy atom. The molecule has 2 aliphatic rings. The molecule has 5 rings (SSSR count). The molecule has 4 heterocycles. The number of hydrogen-bond acceptors (Lipinski definition) is 8. The SMILES string of the molecule is Cc1c(C(=O)OCC(=O)NC(C)c2ccc3c(c2)OCO3)sc2nc3n(c(=O)c12)CCCCC3. The van der Waals surface area contributed by atoms with Gasteiger partial charge in [0.25, 0.3) is 11.5 Å². The first-order valence-electron chi connectivity index (χ1n) is 11.3. The Morgan fingerprint density at radius 2 is 2.06 bits per heavy atom. The summed E-state index contributed by atoms with van der Waals surface area (Å²) in [6.45, 7) is 3.95. The van der Waals surface area contributed by atoms with Gasteiger partial charge in [-0.05, 0) is 49.9 Å². The van der Waals surface area contributed by atoms with E-state index in [4.69, 9.17) is 14.2 Å². The van der Waals surface area contributed by atoms with Crippen LogP contribution in [-0.2, 0) is 22.5 Å². The van der Waals surface area contributed by atoms with E-state index >= 15 is 0 Å². The van der Waals surface area contributed by atoms with Crippen LogP contribution in [0.5, 0.6) is 11.5 Å². The molecule has 1 N–H and O–H groups in total. The van der Waals surface area contributed by atoms with Gasteiger partial charge in [-0.15, -0.1) is 11.3 Å². The Balaban J connectivity index is 1.26. The van der Waals surface area contributed by atoms with Crippen LogP contribution in [0.3, 0.4) is 0 Å². The minimum Gasteiger partial charge on any atom is -0.454 e. The maximum absolute atomic E-state index is 13.1. The molecule has 9 nitrogen and oxygen atoms in total. The van der Waals surface area contributed by atoms with E-state index in [0.29, 0.717) is 38.7 Å². The quantitative estimate of drug-likeness (QED) is 0.555. The topological polar surface area (TPSA) is 109 Å². The summed E-state index contributed by atoms with van der Waals surface area (Å²) in [6.07, 6.45) is 3.76. The van der Waals surface area contributed by atoms with Gasteiger partial charge in [-0.3, -0.25) is 14.2 Å². The van der Waals surface area contributed by atoms with Gasteiger partial charge >= 0.3 is 5.97 Å². The van der Waals surface area contributed by atoms with E-state index in [0.717, 1.165) is 48.4 Å². The van der Waals surface area contributed by atoms with Crippen LogP contribution >= 0.6 is 11.3 Å². The van der Waals surface area contributed by atoms with E-state index in [9.17, 15) is 14.4 Å². The molecule has 0 saturated carbocycles. The molecular weight excluding hydrogens is 458 g/mol. The maximum Gasteiger partial charge on any atom is 0.349 e. The second kappa shape index (κ2) is 9.09. The molecule has 3 aromatic rings. The number of hydrogen-bond donors (Lipinski definition) is 1. The van der Waals surface area contributed by atoms with Crippen molar-refractivity contribution in [1.29, 1.82) is 0 Å². The minimum atomic E-state index is -0.633. The number of carbonyl (C=O) groups is 2. The van der Waals surface area contributed by atoms with Crippen molar-refractivity contribution in [3.8, 4) is 11.5 Å². The Labute approximate surface area is 199 Å². The number of nitrogens with one attached hydrogen (secondary N) is 1. The number of rotatable bonds is 5. The predicted molar refractivity (Wildman–Crippen MR) is 126 cm³/mol. The summed E-state index contributed by atoms with van der Waals surface area (Å²) in [7, 11) is 0. The van der Waals surface area contributed by atoms with Crippen molar-refractivity contribution in [2.24, 2.45) is 0 Å². The number of aromatic nitrogens is 2. The molecule has 0 bridgehead atoms. The van der Waals surface area contributed by atoms with Crippen molar-refractivity contribution in [2.75, 3.05) is 13.4 Å². The third kappa shape index (κ3) is 4.13. The van der Waals surface area contributed by atoms with E-state index in [-0.39, 0.29) is 18.4 Å². The number of esters is 1. The van der Waals surface area contributed by atoms with Crippen LogP contribution in [-0.4, -0.2) is 34.8 Å². The summed E-state index contributed by atoms with van der Waals surface area (Å²) in [5.41, 5.74) is 1.29. The lowest BCUT2D eigenvalue weighted by Gasteiger charge is -2.15. The summed E-state index contributed by atoms with van der Waals surface area (Å²) >= 11 is 1.14. The van der Waals surface area contributed by atoms with Gasteiger partial charge in [0.1, 0.15) is 15.5 Å². The smallest absolute Gasteiger partial charge is 0.349 e.